The molecule has 0 spiro atoms. The smallest absolute Gasteiger partial charge is 0.158 e. The maximum Gasteiger partial charge on any atom is 0.158 e. The Bertz CT molecular complexity index is 316. The Morgan fingerprint density at radius 2 is 2.07 bits per heavy atom. The van der Waals surface area contributed by atoms with Gasteiger partial charge in [-0.15, -0.1) is 10.2 Å². The summed E-state index contributed by atoms with van der Waals surface area (Å²) in [5, 5.41) is 17.5. The number of nitrogens with zero attached hydrogens (tertiary/aromatic N) is 3. The zero-order chi connectivity index (χ0) is 10.7. The quantitative estimate of drug-likeness (QED) is 0.823. The van der Waals surface area contributed by atoms with Crippen molar-refractivity contribution in [1.29, 1.82) is 0 Å². The molecule has 1 saturated carbocycles. The summed E-state index contributed by atoms with van der Waals surface area (Å²) in [5.41, 5.74) is 0. The molecule has 0 amide bonds. The molecule has 2 rings (SSSR count). The summed E-state index contributed by atoms with van der Waals surface area (Å²) in [7, 11) is 0. The SMILES string of the molecule is CCCn1c(CO)nnc1C1CCCC1. The zero-order valence-corrected chi connectivity index (χ0v) is 9.32. The predicted octanol–water partition coefficient (Wildman–Crippen LogP) is 1.84. The molecule has 0 bridgehead atoms. The molecule has 0 aliphatic heterocycles. The topological polar surface area (TPSA) is 50.9 Å². The molecule has 1 aromatic rings. The van der Waals surface area contributed by atoms with Crippen LogP contribution in [0.5, 0.6) is 0 Å². The Labute approximate surface area is 90.3 Å². The lowest BCUT2D eigenvalue weighted by atomic mass is 10.1. The molecule has 1 aromatic heterocycles. The molecule has 4 heteroatoms. The van der Waals surface area contributed by atoms with Crippen molar-refractivity contribution in [3.8, 4) is 0 Å². The van der Waals surface area contributed by atoms with Crippen LogP contribution in [-0.4, -0.2) is 19.9 Å². The molecule has 0 unspecified atom stereocenters. The van der Waals surface area contributed by atoms with Gasteiger partial charge in [0.1, 0.15) is 12.4 Å². The number of aromatic nitrogens is 3. The molecule has 1 aliphatic rings. The van der Waals surface area contributed by atoms with Gasteiger partial charge in [0, 0.05) is 12.5 Å². The first kappa shape index (κ1) is 10.6. The second-order valence-corrected chi connectivity index (χ2v) is 4.27. The first-order valence-electron chi connectivity index (χ1n) is 5.89. The summed E-state index contributed by atoms with van der Waals surface area (Å²) < 4.78 is 2.11. The van der Waals surface area contributed by atoms with Crippen molar-refractivity contribution >= 4 is 0 Å². The second kappa shape index (κ2) is 4.75. The van der Waals surface area contributed by atoms with E-state index < -0.39 is 0 Å². The van der Waals surface area contributed by atoms with Gasteiger partial charge in [-0.2, -0.15) is 0 Å². The van der Waals surface area contributed by atoms with Crippen LogP contribution >= 0.6 is 0 Å². The first-order valence-corrected chi connectivity index (χ1v) is 5.89. The Balaban J connectivity index is 2.24. The van der Waals surface area contributed by atoms with Gasteiger partial charge >= 0.3 is 0 Å². The lowest BCUT2D eigenvalue weighted by Gasteiger charge is -2.12. The van der Waals surface area contributed by atoms with Crippen LogP contribution in [0, 0.1) is 0 Å². The van der Waals surface area contributed by atoms with Gasteiger partial charge in [0.2, 0.25) is 0 Å². The highest BCUT2D eigenvalue weighted by atomic mass is 16.3. The maximum atomic E-state index is 9.18. The summed E-state index contributed by atoms with van der Waals surface area (Å²) in [6.45, 7) is 3.06. The Hall–Kier alpha value is -0.900. The van der Waals surface area contributed by atoms with Crippen LogP contribution < -0.4 is 0 Å². The van der Waals surface area contributed by atoms with E-state index in [-0.39, 0.29) is 6.61 Å². The molecule has 1 heterocycles. The molecule has 4 nitrogen and oxygen atoms in total. The normalized spacial score (nSPS) is 17.5. The van der Waals surface area contributed by atoms with Crippen molar-refractivity contribution in [2.45, 2.75) is 58.1 Å². The fraction of sp³-hybridized carbons (Fsp3) is 0.818. The average Bonchev–Trinajstić information content (AvgIpc) is 2.85. The van der Waals surface area contributed by atoms with Crippen molar-refractivity contribution in [3.63, 3.8) is 0 Å². The molecule has 15 heavy (non-hydrogen) atoms. The van der Waals surface area contributed by atoms with Crippen molar-refractivity contribution in [2.75, 3.05) is 0 Å². The van der Waals surface area contributed by atoms with E-state index in [4.69, 9.17) is 0 Å². The fourth-order valence-corrected chi connectivity index (χ4v) is 2.42. The summed E-state index contributed by atoms with van der Waals surface area (Å²) >= 11 is 0. The monoisotopic (exact) mass is 209 g/mol. The Kier molecular flexibility index (Phi) is 3.36. The highest BCUT2D eigenvalue weighted by molar-refractivity contribution is 5.03. The van der Waals surface area contributed by atoms with Crippen LogP contribution in [0.15, 0.2) is 0 Å². The van der Waals surface area contributed by atoms with Crippen LogP contribution in [0.1, 0.15) is 56.6 Å². The van der Waals surface area contributed by atoms with Gasteiger partial charge < -0.3 is 9.67 Å². The third kappa shape index (κ3) is 2.04. The molecule has 0 radical (unpaired) electrons. The highest BCUT2D eigenvalue weighted by Crippen LogP contribution is 2.33. The number of hydrogen-bond acceptors (Lipinski definition) is 3. The fourth-order valence-electron chi connectivity index (χ4n) is 2.42. The largest absolute Gasteiger partial charge is 0.388 e. The molecule has 1 N–H and O–H groups in total. The number of hydrogen-bond donors (Lipinski definition) is 1. The van der Waals surface area contributed by atoms with Crippen molar-refractivity contribution in [3.05, 3.63) is 11.6 Å². The first-order chi connectivity index (χ1) is 7.36. The Morgan fingerprint density at radius 3 is 2.67 bits per heavy atom. The van der Waals surface area contributed by atoms with E-state index in [1.54, 1.807) is 0 Å². The molecule has 1 aliphatic carbocycles. The minimum absolute atomic E-state index is 0.000278. The third-order valence-electron chi connectivity index (χ3n) is 3.16. The minimum Gasteiger partial charge on any atom is -0.388 e. The van der Waals surface area contributed by atoms with Gasteiger partial charge in [0.05, 0.1) is 0 Å². The van der Waals surface area contributed by atoms with Crippen LogP contribution in [-0.2, 0) is 13.2 Å². The van der Waals surface area contributed by atoms with Crippen LogP contribution in [0.3, 0.4) is 0 Å². The minimum atomic E-state index is -0.000278. The van der Waals surface area contributed by atoms with E-state index in [1.807, 2.05) is 0 Å². The molecule has 0 saturated heterocycles. The molecular weight excluding hydrogens is 190 g/mol. The Morgan fingerprint density at radius 1 is 1.33 bits per heavy atom. The standard InChI is InChI=1S/C11H19N3O/c1-2-7-14-10(8-15)12-13-11(14)9-5-3-4-6-9/h9,15H,2-8H2,1H3. The summed E-state index contributed by atoms with van der Waals surface area (Å²) in [6, 6.07) is 0. The van der Waals surface area contributed by atoms with Crippen molar-refractivity contribution < 1.29 is 5.11 Å². The van der Waals surface area contributed by atoms with E-state index in [2.05, 4.69) is 21.7 Å². The van der Waals surface area contributed by atoms with Gasteiger partial charge in [-0.05, 0) is 19.3 Å². The van der Waals surface area contributed by atoms with Crippen molar-refractivity contribution in [1.82, 2.24) is 14.8 Å². The maximum absolute atomic E-state index is 9.18. The van der Waals surface area contributed by atoms with Crippen LogP contribution in [0.2, 0.25) is 0 Å². The molecule has 0 atom stereocenters. The molecule has 1 fully saturated rings. The highest BCUT2D eigenvalue weighted by Gasteiger charge is 2.23. The van der Waals surface area contributed by atoms with E-state index in [0.29, 0.717) is 5.92 Å². The molecule has 0 aromatic carbocycles. The summed E-state index contributed by atoms with van der Waals surface area (Å²) in [5.74, 6) is 2.39. The predicted molar refractivity (Wildman–Crippen MR) is 57.4 cm³/mol. The van der Waals surface area contributed by atoms with Gasteiger partial charge in [-0.3, -0.25) is 0 Å². The van der Waals surface area contributed by atoms with Gasteiger partial charge in [0.15, 0.2) is 5.82 Å². The number of aliphatic hydroxyl groups is 1. The third-order valence-corrected chi connectivity index (χ3v) is 3.16. The van der Waals surface area contributed by atoms with Crippen molar-refractivity contribution in [2.24, 2.45) is 0 Å². The van der Waals surface area contributed by atoms with Crippen LogP contribution in [0.4, 0.5) is 0 Å². The zero-order valence-electron chi connectivity index (χ0n) is 9.32. The average molecular weight is 209 g/mol. The molecule has 84 valence electrons. The summed E-state index contributed by atoms with van der Waals surface area (Å²) in [4.78, 5) is 0. The lowest BCUT2D eigenvalue weighted by Crippen LogP contribution is -2.10. The van der Waals surface area contributed by atoms with E-state index in [1.165, 1.54) is 25.7 Å². The van der Waals surface area contributed by atoms with E-state index >= 15 is 0 Å². The van der Waals surface area contributed by atoms with E-state index in [9.17, 15) is 5.11 Å². The van der Waals surface area contributed by atoms with E-state index in [0.717, 1.165) is 24.6 Å². The van der Waals surface area contributed by atoms with Gasteiger partial charge in [0.25, 0.3) is 0 Å². The summed E-state index contributed by atoms with van der Waals surface area (Å²) in [6.07, 6.45) is 6.13. The van der Waals surface area contributed by atoms with Gasteiger partial charge in [-0.25, -0.2) is 0 Å². The number of rotatable bonds is 4. The number of aliphatic hydroxyl groups excluding tert-OH is 1. The van der Waals surface area contributed by atoms with Crippen LogP contribution in [0.25, 0.3) is 0 Å². The molecular formula is C11H19N3O. The van der Waals surface area contributed by atoms with Gasteiger partial charge in [-0.1, -0.05) is 19.8 Å². The second-order valence-electron chi connectivity index (χ2n) is 4.27. The lowest BCUT2D eigenvalue weighted by molar-refractivity contribution is 0.263.